The third-order valence-corrected chi connectivity index (χ3v) is 1.21. The molecule has 0 aliphatic rings. The predicted octanol–water partition coefficient (Wildman–Crippen LogP) is 0.446. The number of carbonyl (C=O) groups excluding carboxylic acids is 3. The van der Waals surface area contributed by atoms with E-state index in [1.54, 1.807) is 0 Å². The molecule has 0 aromatic heterocycles. The Morgan fingerprint density at radius 2 is 2.18 bits per heavy atom. The second-order valence-electron chi connectivity index (χ2n) is 2.12. The van der Waals surface area contributed by atoms with Crippen LogP contribution < -0.4 is 0 Å². The largest absolute Gasteiger partial charge is 0.291 e. The molecule has 3 heteroatoms. The van der Waals surface area contributed by atoms with Crippen molar-refractivity contribution < 1.29 is 14.4 Å². The van der Waals surface area contributed by atoms with Gasteiger partial charge in [0.25, 0.3) is 0 Å². The monoisotopic (exact) mass is 153 g/mol. The number of Topliss-reactive ketones (excluding diaryl/α,β-unsaturated/α-hetero) is 2. The first kappa shape index (κ1) is 9.75. The summed E-state index contributed by atoms with van der Waals surface area (Å²) in [5.41, 5.74) is 0. The van der Waals surface area contributed by atoms with Crippen LogP contribution in [-0.2, 0) is 14.4 Å². The lowest BCUT2D eigenvalue weighted by atomic mass is 10.00. The topological polar surface area (TPSA) is 51.2 Å². The van der Waals surface area contributed by atoms with Gasteiger partial charge in [0, 0.05) is 6.92 Å². The Morgan fingerprint density at radius 1 is 1.64 bits per heavy atom. The highest BCUT2D eigenvalue weighted by atomic mass is 16.2. The van der Waals surface area contributed by atoms with E-state index in [0.29, 0.717) is 0 Å². The smallest absolute Gasteiger partial charge is 0.210 e. The van der Waals surface area contributed by atoms with E-state index in [4.69, 9.17) is 0 Å². The second-order valence-corrected chi connectivity index (χ2v) is 2.12. The van der Waals surface area contributed by atoms with Gasteiger partial charge in [0.15, 0.2) is 5.78 Å². The van der Waals surface area contributed by atoms with Crippen LogP contribution in [0, 0.1) is 5.92 Å². The number of hydrogen-bond donors (Lipinski definition) is 0. The zero-order valence-electron chi connectivity index (χ0n) is 6.29. The molecule has 0 amide bonds. The Kier molecular flexibility index (Phi) is 4.03. The van der Waals surface area contributed by atoms with E-state index in [2.05, 4.69) is 6.58 Å². The normalized spacial score (nSPS) is 11.7. The minimum absolute atomic E-state index is 0.182. The fraction of sp³-hybridized carbons (Fsp3) is 0.375. The van der Waals surface area contributed by atoms with Crippen molar-refractivity contribution >= 4 is 17.9 Å². The van der Waals surface area contributed by atoms with Gasteiger partial charge in [-0.2, -0.15) is 0 Å². The van der Waals surface area contributed by atoms with E-state index in [0.717, 1.165) is 6.92 Å². The molecule has 0 heterocycles. The predicted molar refractivity (Wildman–Crippen MR) is 39.7 cm³/mol. The molecule has 0 spiro atoms. The fourth-order valence-electron chi connectivity index (χ4n) is 0.621. The molecule has 0 rings (SSSR count). The van der Waals surface area contributed by atoms with Crippen molar-refractivity contribution in [3.63, 3.8) is 0 Å². The van der Waals surface area contributed by atoms with Crippen LogP contribution >= 0.6 is 0 Å². The summed E-state index contributed by atoms with van der Waals surface area (Å²) in [6.07, 6.45) is 3.09. The molecule has 0 aromatic rings. The van der Waals surface area contributed by atoms with Gasteiger partial charge in [0.05, 0.1) is 5.92 Å². The molecule has 0 N–H and O–H groups in total. The van der Waals surface area contributed by atoms with Crippen molar-refractivity contribution in [2.45, 2.75) is 13.3 Å². The lowest BCUT2D eigenvalue weighted by Gasteiger charge is -1.99. The molecule has 0 saturated heterocycles. The molecule has 0 fully saturated rings. The first-order valence-electron chi connectivity index (χ1n) is 3.16. The zero-order valence-corrected chi connectivity index (χ0v) is 6.29. The molecule has 1 radical (unpaired) electrons. The van der Waals surface area contributed by atoms with Crippen LogP contribution in [-0.4, -0.2) is 17.9 Å². The lowest BCUT2D eigenvalue weighted by molar-refractivity contribution is -0.136. The number of carbonyl (C=O) groups is 2. The highest BCUT2D eigenvalue weighted by Gasteiger charge is 2.20. The molecule has 3 nitrogen and oxygen atoms in total. The SMILES string of the molecule is C=CCC([C]=O)C(=O)C(C)=O. The van der Waals surface area contributed by atoms with E-state index in [-0.39, 0.29) is 6.42 Å². The van der Waals surface area contributed by atoms with Crippen LogP contribution in [0.4, 0.5) is 0 Å². The van der Waals surface area contributed by atoms with E-state index < -0.39 is 17.5 Å². The molecule has 11 heavy (non-hydrogen) atoms. The summed E-state index contributed by atoms with van der Waals surface area (Å²) >= 11 is 0. The number of hydrogen-bond acceptors (Lipinski definition) is 3. The number of ketones is 2. The van der Waals surface area contributed by atoms with Gasteiger partial charge >= 0.3 is 0 Å². The summed E-state index contributed by atoms with van der Waals surface area (Å²) in [4.78, 5) is 31.4. The molecular weight excluding hydrogens is 144 g/mol. The molecule has 0 saturated carbocycles. The van der Waals surface area contributed by atoms with Crippen LogP contribution in [0.3, 0.4) is 0 Å². The highest BCUT2D eigenvalue weighted by Crippen LogP contribution is 2.02. The summed E-state index contributed by atoms with van der Waals surface area (Å²) in [6.45, 7) is 4.48. The van der Waals surface area contributed by atoms with Gasteiger partial charge < -0.3 is 0 Å². The average molecular weight is 153 g/mol. The van der Waals surface area contributed by atoms with E-state index in [1.165, 1.54) is 12.4 Å². The summed E-state index contributed by atoms with van der Waals surface area (Å²) in [5.74, 6) is -2.26. The standard InChI is InChI=1S/C8H9O3/c1-3-4-7(5-9)8(11)6(2)10/h3,7H,1,4H2,2H3. The highest BCUT2D eigenvalue weighted by molar-refractivity contribution is 6.39. The van der Waals surface area contributed by atoms with Crippen molar-refractivity contribution in [2.24, 2.45) is 5.92 Å². The number of rotatable bonds is 5. The first-order valence-corrected chi connectivity index (χ1v) is 3.16. The van der Waals surface area contributed by atoms with Gasteiger partial charge in [-0.25, -0.2) is 0 Å². The van der Waals surface area contributed by atoms with Crippen LogP contribution in [0.25, 0.3) is 0 Å². The van der Waals surface area contributed by atoms with Crippen molar-refractivity contribution in [1.29, 1.82) is 0 Å². The molecule has 1 atom stereocenters. The third kappa shape index (κ3) is 2.89. The van der Waals surface area contributed by atoms with E-state index >= 15 is 0 Å². The summed E-state index contributed by atoms with van der Waals surface area (Å²) in [6, 6.07) is 0. The number of allylic oxidation sites excluding steroid dienone is 1. The van der Waals surface area contributed by atoms with E-state index in [1.807, 2.05) is 0 Å². The Bertz CT molecular complexity index is 194. The molecular formula is C8H9O3. The van der Waals surface area contributed by atoms with Crippen LogP contribution in [0.15, 0.2) is 12.7 Å². The molecule has 0 aromatic carbocycles. The average Bonchev–Trinajstić information content (AvgIpc) is 1.98. The van der Waals surface area contributed by atoms with Gasteiger partial charge in [-0.1, -0.05) is 6.08 Å². The van der Waals surface area contributed by atoms with Crippen molar-refractivity contribution in [2.75, 3.05) is 0 Å². The van der Waals surface area contributed by atoms with Gasteiger partial charge in [-0.3, -0.25) is 14.4 Å². The molecule has 0 bridgehead atoms. The van der Waals surface area contributed by atoms with Crippen LogP contribution in [0.5, 0.6) is 0 Å². The van der Waals surface area contributed by atoms with Crippen LogP contribution in [0.1, 0.15) is 13.3 Å². The fourth-order valence-corrected chi connectivity index (χ4v) is 0.621. The zero-order chi connectivity index (χ0) is 8.85. The Hall–Kier alpha value is -1.25. The Balaban J connectivity index is 4.24. The van der Waals surface area contributed by atoms with Gasteiger partial charge in [0.1, 0.15) is 0 Å². The second kappa shape index (κ2) is 4.55. The summed E-state index contributed by atoms with van der Waals surface area (Å²) < 4.78 is 0. The van der Waals surface area contributed by atoms with E-state index in [9.17, 15) is 14.4 Å². The van der Waals surface area contributed by atoms with Crippen molar-refractivity contribution in [1.82, 2.24) is 0 Å². The maximum atomic E-state index is 10.8. The van der Waals surface area contributed by atoms with Crippen LogP contribution in [0.2, 0.25) is 0 Å². The molecule has 59 valence electrons. The van der Waals surface area contributed by atoms with Crippen molar-refractivity contribution in [3.05, 3.63) is 12.7 Å². The molecule has 1 unspecified atom stereocenters. The Labute approximate surface area is 65.1 Å². The first-order chi connectivity index (χ1) is 5.13. The third-order valence-electron chi connectivity index (χ3n) is 1.21. The minimum atomic E-state index is -0.954. The van der Waals surface area contributed by atoms with Gasteiger partial charge in [0.2, 0.25) is 12.1 Å². The van der Waals surface area contributed by atoms with Gasteiger partial charge in [-0.05, 0) is 6.42 Å². The molecule has 0 aliphatic heterocycles. The maximum Gasteiger partial charge on any atom is 0.210 e. The lowest BCUT2D eigenvalue weighted by Crippen LogP contribution is -2.21. The Morgan fingerprint density at radius 3 is 2.45 bits per heavy atom. The summed E-state index contributed by atoms with van der Waals surface area (Å²) in [7, 11) is 0. The maximum absolute atomic E-state index is 10.8. The van der Waals surface area contributed by atoms with Crippen molar-refractivity contribution in [3.8, 4) is 0 Å². The minimum Gasteiger partial charge on any atom is -0.291 e. The molecule has 0 aliphatic carbocycles. The van der Waals surface area contributed by atoms with Gasteiger partial charge in [-0.15, -0.1) is 6.58 Å². The summed E-state index contributed by atoms with van der Waals surface area (Å²) in [5, 5.41) is 0. The quantitative estimate of drug-likeness (QED) is 0.327.